The van der Waals surface area contributed by atoms with Crippen molar-refractivity contribution in [3.05, 3.63) is 0 Å². The van der Waals surface area contributed by atoms with Crippen LogP contribution in [-0.2, 0) is 14.5 Å². The molecular weight excluding hydrogens is 200 g/mol. The van der Waals surface area contributed by atoms with Crippen molar-refractivity contribution in [3.8, 4) is 0 Å². The first kappa shape index (κ1) is 10.4. The lowest BCUT2D eigenvalue weighted by Crippen LogP contribution is -2.53. The second-order valence-electron chi connectivity index (χ2n) is 4.07. The molecule has 0 bridgehead atoms. The third kappa shape index (κ3) is 1.94. The van der Waals surface area contributed by atoms with Gasteiger partial charge in [0, 0.05) is 41.4 Å². The molecule has 0 unspecified atom stereocenters. The molecule has 1 spiro atoms. The maximum atomic E-state index is 12.0. The predicted molar refractivity (Wildman–Crippen MR) is 57.0 cm³/mol. The zero-order valence-corrected chi connectivity index (χ0v) is 9.44. The van der Waals surface area contributed by atoms with Crippen molar-refractivity contribution in [1.82, 2.24) is 5.32 Å². The Hall–Kier alpha value is -0.130. The van der Waals surface area contributed by atoms with Crippen LogP contribution in [0.2, 0.25) is 0 Å². The Morgan fingerprint density at radius 2 is 2.14 bits per heavy atom. The lowest BCUT2D eigenvalue weighted by molar-refractivity contribution is -0.0711. The fourth-order valence-electron chi connectivity index (χ4n) is 2.13. The smallest absolute Gasteiger partial charge is 0.0825 e. The van der Waals surface area contributed by atoms with Crippen molar-refractivity contribution in [2.45, 2.75) is 18.4 Å². The SMILES string of the molecule is CN=S1(=O)CCC2(CC1)CNCCO2. The molecule has 14 heavy (non-hydrogen) atoms. The van der Waals surface area contributed by atoms with E-state index in [2.05, 4.69) is 9.68 Å². The molecule has 2 rings (SSSR count). The van der Waals surface area contributed by atoms with Crippen LogP contribution in [0.3, 0.4) is 0 Å². The highest BCUT2D eigenvalue weighted by Crippen LogP contribution is 2.29. The van der Waals surface area contributed by atoms with Gasteiger partial charge in [0.1, 0.15) is 0 Å². The van der Waals surface area contributed by atoms with Gasteiger partial charge in [0.15, 0.2) is 0 Å². The predicted octanol–water partition coefficient (Wildman–Crippen LogP) is 0.237. The van der Waals surface area contributed by atoms with Gasteiger partial charge in [-0.2, -0.15) is 0 Å². The maximum absolute atomic E-state index is 12.0. The Morgan fingerprint density at radius 3 is 2.64 bits per heavy atom. The molecule has 0 aliphatic carbocycles. The molecule has 0 atom stereocenters. The maximum Gasteiger partial charge on any atom is 0.0825 e. The Kier molecular flexibility index (Phi) is 2.81. The summed E-state index contributed by atoms with van der Waals surface area (Å²) in [4.78, 5) is 0. The summed E-state index contributed by atoms with van der Waals surface area (Å²) < 4.78 is 21.8. The Morgan fingerprint density at radius 1 is 1.43 bits per heavy atom. The number of rotatable bonds is 0. The van der Waals surface area contributed by atoms with Crippen LogP contribution in [-0.4, -0.2) is 48.1 Å². The van der Waals surface area contributed by atoms with Crippen molar-refractivity contribution < 1.29 is 8.95 Å². The van der Waals surface area contributed by atoms with Gasteiger partial charge in [-0.05, 0) is 12.8 Å². The molecule has 2 aliphatic rings. The van der Waals surface area contributed by atoms with E-state index in [1.165, 1.54) is 0 Å². The molecule has 0 aromatic heterocycles. The first-order chi connectivity index (χ1) is 6.68. The van der Waals surface area contributed by atoms with Gasteiger partial charge in [0.05, 0.1) is 12.2 Å². The molecule has 2 saturated heterocycles. The molecule has 0 amide bonds. The average molecular weight is 218 g/mol. The van der Waals surface area contributed by atoms with Crippen LogP contribution in [0.4, 0.5) is 0 Å². The fraction of sp³-hybridized carbons (Fsp3) is 1.00. The summed E-state index contributed by atoms with van der Waals surface area (Å²) >= 11 is 0. The van der Waals surface area contributed by atoms with Crippen molar-refractivity contribution in [2.75, 3.05) is 38.2 Å². The van der Waals surface area contributed by atoms with Gasteiger partial charge in [0.25, 0.3) is 0 Å². The molecule has 2 fully saturated rings. The third-order valence-electron chi connectivity index (χ3n) is 3.22. The van der Waals surface area contributed by atoms with Crippen molar-refractivity contribution >= 4 is 9.73 Å². The summed E-state index contributed by atoms with van der Waals surface area (Å²) in [6.45, 7) is 2.63. The Labute approximate surface area is 85.6 Å². The average Bonchev–Trinajstić information content (AvgIpc) is 2.25. The van der Waals surface area contributed by atoms with E-state index < -0.39 is 9.73 Å². The Bertz CT molecular complexity index is 299. The van der Waals surface area contributed by atoms with Gasteiger partial charge >= 0.3 is 0 Å². The molecule has 82 valence electrons. The first-order valence-corrected chi connectivity index (χ1v) is 6.99. The van der Waals surface area contributed by atoms with Gasteiger partial charge in [0.2, 0.25) is 0 Å². The summed E-state index contributed by atoms with van der Waals surface area (Å²) in [5.74, 6) is 1.40. The van der Waals surface area contributed by atoms with E-state index in [9.17, 15) is 4.21 Å². The monoisotopic (exact) mass is 218 g/mol. The number of ether oxygens (including phenoxy) is 1. The topological polar surface area (TPSA) is 50.7 Å². The van der Waals surface area contributed by atoms with Crippen molar-refractivity contribution in [2.24, 2.45) is 4.36 Å². The van der Waals surface area contributed by atoms with E-state index in [1.807, 2.05) is 0 Å². The quantitative estimate of drug-likeness (QED) is 0.633. The van der Waals surface area contributed by atoms with E-state index in [4.69, 9.17) is 4.74 Å². The van der Waals surface area contributed by atoms with E-state index in [-0.39, 0.29) is 5.60 Å². The molecule has 0 radical (unpaired) electrons. The largest absolute Gasteiger partial charge is 0.372 e. The molecule has 0 aromatic rings. The van der Waals surface area contributed by atoms with Crippen LogP contribution in [0.5, 0.6) is 0 Å². The summed E-state index contributed by atoms with van der Waals surface area (Å²) in [6.07, 6.45) is 1.77. The fourth-order valence-corrected chi connectivity index (χ4v) is 4.08. The van der Waals surface area contributed by atoms with Gasteiger partial charge < -0.3 is 10.1 Å². The van der Waals surface area contributed by atoms with Crippen molar-refractivity contribution in [1.29, 1.82) is 0 Å². The second-order valence-corrected chi connectivity index (χ2v) is 6.80. The number of nitrogens with one attached hydrogen (secondary N) is 1. The normalized spacial score (nSPS) is 43.8. The summed E-state index contributed by atoms with van der Waals surface area (Å²) in [5, 5.41) is 3.34. The first-order valence-electron chi connectivity index (χ1n) is 5.13. The van der Waals surface area contributed by atoms with Crippen LogP contribution in [0.1, 0.15) is 12.8 Å². The van der Waals surface area contributed by atoms with Crippen LogP contribution < -0.4 is 5.32 Å². The molecular formula is C9H18N2O2S. The minimum absolute atomic E-state index is 0.0378. The highest BCUT2D eigenvalue weighted by molar-refractivity contribution is 7.93. The third-order valence-corrected chi connectivity index (χ3v) is 5.57. The standard InChI is InChI=1S/C9H18N2O2S/c1-10-14(12)6-2-9(3-7-14)8-11-4-5-13-9/h11H,2-8H2,1H3. The van der Waals surface area contributed by atoms with E-state index >= 15 is 0 Å². The van der Waals surface area contributed by atoms with E-state index in [1.54, 1.807) is 7.05 Å². The van der Waals surface area contributed by atoms with Crippen LogP contribution in [0.15, 0.2) is 4.36 Å². The highest BCUT2D eigenvalue weighted by Gasteiger charge is 2.38. The van der Waals surface area contributed by atoms with E-state index in [0.717, 1.165) is 32.5 Å². The molecule has 5 heteroatoms. The molecule has 0 saturated carbocycles. The molecule has 2 aliphatic heterocycles. The zero-order valence-electron chi connectivity index (χ0n) is 8.62. The lowest BCUT2D eigenvalue weighted by Gasteiger charge is -2.41. The van der Waals surface area contributed by atoms with E-state index in [0.29, 0.717) is 11.5 Å². The Balaban J connectivity index is 2.04. The molecule has 0 aromatic carbocycles. The lowest BCUT2D eigenvalue weighted by atomic mass is 9.95. The van der Waals surface area contributed by atoms with Crippen LogP contribution >= 0.6 is 0 Å². The van der Waals surface area contributed by atoms with Gasteiger partial charge in [-0.15, -0.1) is 0 Å². The molecule has 4 nitrogen and oxygen atoms in total. The number of morpholine rings is 1. The van der Waals surface area contributed by atoms with Gasteiger partial charge in [-0.25, -0.2) is 8.57 Å². The highest BCUT2D eigenvalue weighted by atomic mass is 32.2. The number of hydrogen-bond acceptors (Lipinski definition) is 4. The summed E-state index contributed by atoms with van der Waals surface area (Å²) in [5.41, 5.74) is -0.0378. The van der Waals surface area contributed by atoms with Gasteiger partial charge in [-0.1, -0.05) is 0 Å². The zero-order chi connectivity index (χ0) is 10.1. The summed E-state index contributed by atoms with van der Waals surface area (Å²) in [7, 11) is -0.219. The van der Waals surface area contributed by atoms with Crippen LogP contribution in [0, 0.1) is 0 Å². The minimum atomic E-state index is -1.89. The number of hydrogen-bond donors (Lipinski definition) is 1. The molecule has 2 heterocycles. The molecule has 1 N–H and O–H groups in total. The second kappa shape index (κ2) is 3.79. The van der Waals surface area contributed by atoms with Crippen LogP contribution in [0.25, 0.3) is 0 Å². The minimum Gasteiger partial charge on any atom is -0.372 e. The van der Waals surface area contributed by atoms with Gasteiger partial charge in [-0.3, -0.25) is 0 Å². The number of nitrogens with zero attached hydrogens (tertiary/aromatic N) is 1. The van der Waals surface area contributed by atoms with Crippen molar-refractivity contribution in [3.63, 3.8) is 0 Å². The summed E-state index contributed by atoms with van der Waals surface area (Å²) in [6, 6.07) is 0.